The zero-order valence-electron chi connectivity index (χ0n) is 15.4. The van der Waals surface area contributed by atoms with Gasteiger partial charge in [0.25, 0.3) is 0 Å². The molecule has 0 aromatic heterocycles. The molecule has 3 aromatic rings. The average molecular weight is 500 g/mol. The van der Waals surface area contributed by atoms with Crippen LogP contribution in [0, 0.1) is 0 Å². The molecule has 0 aliphatic heterocycles. The summed E-state index contributed by atoms with van der Waals surface area (Å²) >= 11 is -1.80. The van der Waals surface area contributed by atoms with Gasteiger partial charge in [-0.1, -0.05) is 0 Å². The molecule has 2 unspecified atom stereocenters. The first-order valence-corrected chi connectivity index (χ1v) is 18.8. The Kier molecular flexibility index (Phi) is 7.34. The predicted molar refractivity (Wildman–Crippen MR) is 111 cm³/mol. The van der Waals surface area contributed by atoms with Gasteiger partial charge in [-0.2, -0.15) is 0 Å². The molecule has 0 saturated carbocycles. The van der Waals surface area contributed by atoms with E-state index in [0.29, 0.717) is 0 Å². The molecule has 0 radical (unpaired) electrons. The second-order valence-corrected chi connectivity index (χ2v) is 21.7. The van der Waals surface area contributed by atoms with Gasteiger partial charge < -0.3 is 24.8 Å². The second kappa shape index (κ2) is 9.55. The smallest absolute Gasteiger partial charge is 1.00 e. The van der Waals surface area contributed by atoms with E-state index in [1.807, 2.05) is 0 Å². The van der Waals surface area contributed by atoms with Crippen molar-refractivity contribution in [2.75, 3.05) is 0 Å². The molecular weight excluding hydrogens is 478 g/mol. The number of benzene rings is 3. The third-order valence-electron chi connectivity index (χ3n) is 5.65. The van der Waals surface area contributed by atoms with Gasteiger partial charge in [0.2, 0.25) is 0 Å². The number of fused-ring (bicyclic) bond motifs is 2. The van der Waals surface area contributed by atoms with Crippen LogP contribution >= 0.6 is 0 Å². The van der Waals surface area contributed by atoms with Crippen molar-refractivity contribution in [1.29, 1.82) is 0 Å². The van der Waals surface area contributed by atoms with Crippen molar-refractivity contribution < 1.29 is 45.7 Å². The van der Waals surface area contributed by atoms with E-state index in [-0.39, 0.29) is 31.5 Å². The van der Waals surface area contributed by atoms with Crippen LogP contribution in [0.4, 0.5) is 0 Å². The van der Waals surface area contributed by atoms with Gasteiger partial charge in [-0.3, -0.25) is 0 Å². The molecule has 5 rings (SSSR count). The monoisotopic (exact) mass is 497 g/mol. The van der Waals surface area contributed by atoms with Crippen molar-refractivity contribution in [3.63, 3.8) is 0 Å². The maximum Gasteiger partial charge on any atom is -1.00 e. The number of hydrogen-bond donors (Lipinski definition) is 0. The topological polar surface area (TPSA) is 0 Å². The molecule has 0 fully saturated rings. The van der Waals surface area contributed by atoms with Crippen LogP contribution in [0.15, 0.2) is 91.0 Å². The number of halogens is 2. The molecule has 0 nitrogen and oxygen atoms in total. The van der Waals surface area contributed by atoms with Crippen LogP contribution in [-0.4, -0.2) is 6.65 Å². The van der Waals surface area contributed by atoms with E-state index in [1.165, 1.54) is 11.1 Å². The van der Waals surface area contributed by atoms with Crippen LogP contribution in [0.2, 0.25) is 0 Å². The van der Waals surface area contributed by atoms with E-state index in [1.54, 1.807) is 16.3 Å². The standard InChI is InChI=1S/2C9H7.C6H7Si.2ClH.Zr/c2*1-2-5-9-7-3-6-8(9)4-1;7-6-4-2-1-3-5-6;;;/h2*1-7H;1-5H,7H2;2*1H;/q;;;;;+2/p-2. The number of hydrogen-bond acceptors (Lipinski definition) is 0. The molecule has 4 heteroatoms. The Hall–Kier alpha value is -1.18. The predicted octanol–water partition coefficient (Wildman–Crippen LogP) is -1.44. The largest absolute Gasteiger partial charge is 1.00 e. The zero-order chi connectivity index (χ0) is 17.3. The molecular formula is C24H21Cl2SiZr. The van der Waals surface area contributed by atoms with Gasteiger partial charge in [-0.05, 0) is 0 Å². The van der Waals surface area contributed by atoms with Crippen molar-refractivity contribution in [3.8, 4) is 0 Å². The van der Waals surface area contributed by atoms with Gasteiger partial charge in [0.15, 0.2) is 0 Å². The molecule has 139 valence electrons. The van der Waals surface area contributed by atoms with Crippen LogP contribution in [-0.2, 0) is 20.9 Å². The van der Waals surface area contributed by atoms with Gasteiger partial charge in [0, 0.05) is 0 Å². The molecule has 28 heavy (non-hydrogen) atoms. The summed E-state index contributed by atoms with van der Waals surface area (Å²) in [7, 11) is 0. The zero-order valence-corrected chi connectivity index (χ0v) is 20.8. The van der Waals surface area contributed by atoms with Crippen molar-refractivity contribution in [1.82, 2.24) is 0 Å². The minimum absolute atomic E-state index is 0. The molecule has 0 bridgehead atoms. The first-order valence-electron chi connectivity index (χ1n) is 9.34. The van der Waals surface area contributed by atoms with Gasteiger partial charge >= 0.3 is 165 Å². The third kappa shape index (κ3) is 4.07. The second-order valence-electron chi connectivity index (χ2n) is 7.17. The van der Waals surface area contributed by atoms with Crippen LogP contribution in [0.3, 0.4) is 0 Å². The van der Waals surface area contributed by atoms with Crippen molar-refractivity contribution in [3.05, 3.63) is 113 Å². The summed E-state index contributed by atoms with van der Waals surface area (Å²) in [6.45, 7) is -0.241. The van der Waals surface area contributed by atoms with Crippen LogP contribution in [0.1, 0.15) is 29.5 Å². The van der Waals surface area contributed by atoms with Crippen LogP contribution in [0.25, 0.3) is 12.2 Å². The summed E-state index contributed by atoms with van der Waals surface area (Å²) in [6.07, 6.45) is 9.85. The summed E-state index contributed by atoms with van der Waals surface area (Å²) < 4.78 is 1.45. The molecule has 0 heterocycles. The van der Waals surface area contributed by atoms with Gasteiger partial charge in [0.05, 0.1) is 0 Å². The maximum atomic E-state index is 2.55. The Morgan fingerprint density at radius 2 is 1.04 bits per heavy atom. The summed E-state index contributed by atoms with van der Waals surface area (Å²) in [4.78, 5) is 0. The Morgan fingerprint density at radius 1 is 0.571 bits per heavy atom. The van der Waals surface area contributed by atoms with E-state index in [2.05, 4.69) is 103 Å². The van der Waals surface area contributed by atoms with Gasteiger partial charge in [-0.15, -0.1) is 0 Å². The molecule has 0 N–H and O–H groups in total. The molecule has 0 amide bonds. The maximum absolute atomic E-state index is 2.55. The fraction of sp³-hybridized carbons (Fsp3) is 0.0833. The van der Waals surface area contributed by atoms with E-state index >= 15 is 0 Å². The SMILES string of the molecule is C1=C[CH]([Zr+2]([SiH2]c2ccccc2)[CH]2C=Cc3ccccc32)c2ccccc21.[Cl-].[Cl-]. The fourth-order valence-electron chi connectivity index (χ4n) is 4.39. The molecule has 3 aromatic carbocycles. The normalized spacial score (nSPS) is 18.4. The Morgan fingerprint density at radius 3 is 1.57 bits per heavy atom. The molecule has 2 atom stereocenters. The van der Waals surface area contributed by atoms with E-state index in [0.717, 1.165) is 7.25 Å². The minimum atomic E-state index is -1.80. The first-order chi connectivity index (χ1) is 12.9. The van der Waals surface area contributed by atoms with Crippen molar-refractivity contribution in [2.24, 2.45) is 0 Å². The van der Waals surface area contributed by atoms with Gasteiger partial charge in [-0.25, -0.2) is 0 Å². The molecule has 2 aliphatic carbocycles. The van der Waals surface area contributed by atoms with Gasteiger partial charge in [0.1, 0.15) is 0 Å². The van der Waals surface area contributed by atoms with E-state index in [9.17, 15) is 0 Å². The van der Waals surface area contributed by atoms with Crippen LogP contribution < -0.4 is 30.0 Å². The minimum Gasteiger partial charge on any atom is -1.00 e. The average Bonchev–Trinajstić information content (AvgIpc) is 3.32. The quantitative estimate of drug-likeness (QED) is 0.386. The summed E-state index contributed by atoms with van der Waals surface area (Å²) in [5.74, 6) is 0. The fourth-order valence-corrected chi connectivity index (χ4v) is 24.4. The third-order valence-corrected chi connectivity index (χ3v) is 24.6. The summed E-state index contributed by atoms with van der Waals surface area (Å²) in [6, 6.07) is 29.5. The number of allylic oxidation sites excluding steroid dienone is 2. The summed E-state index contributed by atoms with van der Waals surface area (Å²) in [5.41, 5.74) is 6.10. The molecule has 0 spiro atoms. The van der Waals surface area contributed by atoms with E-state index < -0.39 is 20.9 Å². The van der Waals surface area contributed by atoms with E-state index in [4.69, 9.17) is 0 Å². The summed E-state index contributed by atoms with van der Waals surface area (Å²) in [5, 5.41) is 1.65. The first kappa shape index (κ1) is 21.5. The van der Waals surface area contributed by atoms with Crippen LogP contribution in [0.5, 0.6) is 0 Å². The van der Waals surface area contributed by atoms with Crippen molar-refractivity contribution >= 4 is 24.0 Å². The Balaban J connectivity index is 0.00000112. The Bertz CT molecular complexity index is 939. The number of rotatable bonds is 4. The Labute approximate surface area is 189 Å². The van der Waals surface area contributed by atoms with Crippen molar-refractivity contribution in [2.45, 2.75) is 7.25 Å². The molecule has 2 aliphatic rings. The molecule has 0 saturated heterocycles.